The molecule has 0 aromatic heterocycles. The van der Waals surface area contributed by atoms with Crippen LogP contribution >= 0.6 is 15.9 Å². The van der Waals surface area contributed by atoms with E-state index in [1.165, 1.54) is 12.5 Å². The number of hydrogen-bond donors (Lipinski definition) is 2. The largest absolute Gasteiger partial charge is 0.494 e. The molecule has 2 N–H and O–H groups in total. The SMILES string of the molecule is COc1cc(NCc2ccccc2Br)ccc1NC(C)=O. The molecule has 0 aliphatic carbocycles. The number of methoxy groups -OCH3 is 1. The number of halogens is 1. The van der Waals surface area contributed by atoms with Gasteiger partial charge in [-0.15, -0.1) is 0 Å². The van der Waals surface area contributed by atoms with Crippen LogP contribution in [0.1, 0.15) is 12.5 Å². The number of anilines is 2. The Bertz CT molecular complexity index is 644. The Morgan fingerprint density at radius 3 is 2.67 bits per heavy atom. The molecule has 2 aromatic carbocycles. The minimum Gasteiger partial charge on any atom is -0.494 e. The summed E-state index contributed by atoms with van der Waals surface area (Å²) in [4.78, 5) is 11.1. The van der Waals surface area contributed by atoms with Crippen LogP contribution in [0, 0.1) is 0 Å². The van der Waals surface area contributed by atoms with E-state index in [1.807, 2.05) is 36.4 Å². The lowest BCUT2D eigenvalue weighted by atomic mass is 10.2. The Labute approximate surface area is 132 Å². The first-order chi connectivity index (χ1) is 10.1. The minimum atomic E-state index is -0.123. The molecule has 0 bridgehead atoms. The Balaban J connectivity index is 2.11. The molecule has 0 saturated carbocycles. The van der Waals surface area contributed by atoms with Gasteiger partial charge >= 0.3 is 0 Å². The molecule has 0 aliphatic heterocycles. The smallest absolute Gasteiger partial charge is 0.221 e. The second-order valence-corrected chi connectivity index (χ2v) is 5.40. The Hall–Kier alpha value is -2.01. The molecule has 2 aromatic rings. The van der Waals surface area contributed by atoms with Gasteiger partial charge in [0.1, 0.15) is 5.75 Å². The Morgan fingerprint density at radius 1 is 1.24 bits per heavy atom. The number of benzene rings is 2. The molecular weight excluding hydrogens is 332 g/mol. The van der Waals surface area contributed by atoms with Crippen molar-refractivity contribution in [3.63, 3.8) is 0 Å². The van der Waals surface area contributed by atoms with Gasteiger partial charge in [-0.3, -0.25) is 4.79 Å². The van der Waals surface area contributed by atoms with Crippen molar-refractivity contribution in [3.05, 3.63) is 52.5 Å². The maximum Gasteiger partial charge on any atom is 0.221 e. The highest BCUT2D eigenvalue weighted by Crippen LogP contribution is 2.28. The average Bonchev–Trinajstić information content (AvgIpc) is 2.47. The molecule has 0 aliphatic rings. The van der Waals surface area contributed by atoms with E-state index in [0.29, 0.717) is 18.0 Å². The van der Waals surface area contributed by atoms with Crippen molar-refractivity contribution < 1.29 is 9.53 Å². The van der Waals surface area contributed by atoms with Crippen LogP contribution in [0.3, 0.4) is 0 Å². The zero-order chi connectivity index (χ0) is 15.2. The van der Waals surface area contributed by atoms with E-state index in [2.05, 4.69) is 32.6 Å². The molecule has 0 fully saturated rings. The van der Waals surface area contributed by atoms with E-state index in [9.17, 15) is 4.79 Å². The topological polar surface area (TPSA) is 50.4 Å². The van der Waals surface area contributed by atoms with Crippen LogP contribution in [0.5, 0.6) is 5.75 Å². The number of carbonyl (C=O) groups excluding carboxylic acids is 1. The summed E-state index contributed by atoms with van der Waals surface area (Å²) in [7, 11) is 1.58. The number of ether oxygens (including phenoxy) is 1. The van der Waals surface area contributed by atoms with Gasteiger partial charge in [-0.05, 0) is 23.8 Å². The van der Waals surface area contributed by atoms with Crippen LogP contribution in [0.15, 0.2) is 46.9 Å². The van der Waals surface area contributed by atoms with Crippen molar-refractivity contribution in [1.82, 2.24) is 0 Å². The predicted octanol–water partition coefficient (Wildman–Crippen LogP) is 4.03. The summed E-state index contributed by atoms with van der Waals surface area (Å²) in [6, 6.07) is 13.6. The molecule has 0 spiro atoms. The van der Waals surface area contributed by atoms with Crippen LogP contribution in [-0.4, -0.2) is 13.0 Å². The highest BCUT2D eigenvalue weighted by atomic mass is 79.9. The van der Waals surface area contributed by atoms with Crippen molar-refractivity contribution in [1.29, 1.82) is 0 Å². The van der Waals surface area contributed by atoms with E-state index in [4.69, 9.17) is 4.74 Å². The van der Waals surface area contributed by atoms with Gasteiger partial charge in [0, 0.05) is 29.7 Å². The fourth-order valence-corrected chi connectivity index (χ4v) is 2.36. The fraction of sp³-hybridized carbons (Fsp3) is 0.188. The molecular formula is C16H17BrN2O2. The molecule has 0 unspecified atom stereocenters. The maximum atomic E-state index is 11.1. The van der Waals surface area contributed by atoms with Gasteiger partial charge in [0.25, 0.3) is 0 Å². The van der Waals surface area contributed by atoms with Crippen molar-refractivity contribution in [3.8, 4) is 5.75 Å². The van der Waals surface area contributed by atoms with Crippen molar-refractivity contribution >= 4 is 33.2 Å². The summed E-state index contributed by atoms with van der Waals surface area (Å²) in [6.45, 7) is 2.17. The summed E-state index contributed by atoms with van der Waals surface area (Å²) in [5.74, 6) is 0.504. The number of nitrogens with one attached hydrogen (secondary N) is 2. The number of hydrogen-bond acceptors (Lipinski definition) is 3. The van der Waals surface area contributed by atoms with E-state index >= 15 is 0 Å². The van der Waals surface area contributed by atoms with Gasteiger partial charge in [0.2, 0.25) is 5.91 Å². The van der Waals surface area contributed by atoms with Crippen LogP contribution < -0.4 is 15.4 Å². The third-order valence-electron chi connectivity index (χ3n) is 2.95. The molecule has 110 valence electrons. The average molecular weight is 349 g/mol. The lowest BCUT2D eigenvalue weighted by molar-refractivity contribution is -0.114. The van der Waals surface area contributed by atoms with Gasteiger partial charge in [-0.2, -0.15) is 0 Å². The molecule has 21 heavy (non-hydrogen) atoms. The summed E-state index contributed by atoms with van der Waals surface area (Å²) in [5, 5.41) is 6.07. The lowest BCUT2D eigenvalue weighted by Crippen LogP contribution is -2.07. The third-order valence-corrected chi connectivity index (χ3v) is 3.73. The van der Waals surface area contributed by atoms with Gasteiger partial charge < -0.3 is 15.4 Å². The zero-order valence-corrected chi connectivity index (χ0v) is 13.5. The second kappa shape index (κ2) is 7.13. The molecule has 5 heteroatoms. The molecule has 0 heterocycles. The first kappa shape index (κ1) is 15.4. The molecule has 1 amide bonds. The van der Waals surface area contributed by atoms with Gasteiger partial charge in [0.05, 0.1) is 12.8 Å². The molecule has 0 radical (unpaired) electrons. The maximum absolute atomic E-state index is 11.1. The van der Waals surface area contributed by atoms with Gasteiger partial charge in [0.15, 0.2) is 0 Å². The summed E-state index contributed by atoms with van der Waals surface area (Å²) >= 11 is 3.52. The fourth-order valence-electron chi connectivity index (χ4n) is 1.93. The van der Waals surface area contributed by atoms with Gasteiger partial charge in [-0.1, -0.05) is 34.1 Å². The number of carbonyl (C=O) groups is 1. The van der Waals surface area contributed by atoms with Crippen LogP contribution in [-0.2, 0) is 11.3 Å². The molecule has 2 rings (SSSR count). The summed E-state index contributed by atoms with van der Waals surface area (Å²) < 4.78 is 6.37. The standard InChI is InChI=1S/C16H17BrN2O2/c1-11(20)19-15-8-7-13(9-16(15)21-2)18-10-12-5-3-4-6-14(12)17/h3-9,18H,10H2,1-2H3,(H,19,20). The summed E-state index contributed by atoms with van der Waals surface area (Å²) in [6.07, 6.45) is 0. The van der Waals surface area contributed by atoms with Crippen LogP contribution in [0.25, 0.3) is 0 Å². The quantitative estimate of drug-likeness (QED) is 0.857. The van der Waals surface area contributed by atoms with E-state index in [0.717, 1.165) is 10.2 Å². The number of rotatable bonds is 5. The zero-order valence-electron chi connectivity index (χ0n) is 11.9. The first-order valence-corrected chi connectivity index (χ1v) is 7.32. The second-order valence-electron chi connectivity index (χ2n) is 4.54. The highest BCUT2D eigenvalue weighted by molar-refractivity contribution is 9.10. The Kier molecular flexibility index (Phi) is 5.22. The van der Waals surface area contributed by atoms with E-state index in [-0.39, 0.29) is 5.91 Å². The minimum absolute atomic E-state index is 0.123. The lowest BCUT2D eigenvalue weighted by Gasteiger charge is -2.13. The van der Waals surface area contributed by atoms with E-state index < -0.39 is 0 Å². The van der Waals surface area contributed by atoms with Crippen molar-refractivity contribution in [2.24, 2.45) is 0 Å². The number of amides is 1. The van der Waals surface area contributed by atoms with Crippen molar-refractivity contribution in [2.75, 3.05) is 17.7 Å². The molecule has 0 atom stereocenters. The van der Waals surface area contributed by atoms with Crippen LogP contribution in [0.4, 0.5) is 11.4 Å². The van der Waals surface area contributed by atoms with Crippen molar-refractivity contribution in [2.45, 2.75) is 13.5 Å². The van der Waals surface area contributed by atoms with Gasteiger partial charge in [-0.25, -0.2) is 0 Å². The van der Waals surface area contributed by atoms with E-state index in [1.54, 1.807) is 7.11 Å². The Morgan fingerprint density at radius 2 is 2.00 bits per heavy atom. The monoisotopic (exact) mass is 348 g/mol. The van der Waals surface area contributed by atoms with Crippen LogP contribution in [0.2, 0.25) is 0 Å². The third kappa shape index (κ3) is 4.23. The predicted molar refractivity (Wildman–Crippen MR) is 88.8 cm³/mol. The highest BCUT2D eigenvalue weighted by Gasteiger charge is 2.06. The first-order valence-electron chi connectivity index (χ1n) is 6.53. The molecule has 4 nitrogen and oxygen atoms in total. The summed E-state index contributed by atoms with van der Waals surface area (Å²) in [5.41, 5.74) is 2.76. The molecule has 0 saturated heterocycles. The normalized spacial score (nSPS) is 10.0.